The number of allylic oxidation sites excluding steroid dienone is 1. The SMILES string of the molecule is CN(CCO)c1ccc(/C=C/C(=O)c2ccc(NC(=O)c3ccccc3F)cc2)cc1. The van der Waals surface area contributed by atoms with Gasteiger partial charge in [0, 0.05) is 30.5 Å². The second-order valence-corrected chi connectivity index (χ2v) is 6.95. The maximum Gasteiger partial charge on any atom is 0.258 e. The number of anilines is 2. The van der Waals surface area contributed by atoms with E-state index in [1.807, 2.05) is 36.2 Å². The molecule has 0 aliphatic carbocycles. The molecule has 31 heavy (non-hydrogen) atoms. The Morgan fingerprint density at radius 1 is 1.00 bits per heavy atom. The minimum atomic E-state index is -0.593. The van der Waals surface area contributed by atoms with Gasteiger partial charge in [-0.25, -0.2) is 4.39 Å². The fourth-order valence-corrected chi connectivity index (χ4v) is 2.95. The molecule has 0 saturated heterocycles. The topological polar surface area (TPSA) is 69.6 Å². The van der Waals surface area contributed by atoms with Crippen LogP contribution in [0, 0.1) is 5.82 Å². The largest absolute Gasteiger partial charge is 0.395 e. The van der Waals surface area contributed by atoms with E-state index in [2.05, 4.69) is 5.32 Å². The van der Waals surface area contributed by atoms with Gasteiger partial charge in [-0.3, -0.25) is 9.59 Å². The van der Waals surface area contributed by atoms with E-state index in [0.29, 0.717) is 17.8 Å². The molecule has 0 unspecified atom stereocenters. The van der Waals surface area contributed by atoms with E-state index < -0.39 is 11.7 Å². The Hall–Kier alpha value is -3.77. The number of carbonyl (C=O) groups excluding carboxylic acids is 2. The standard InChI is InChI=1S/C25H23FN2O3/c1-28(16-17-29)21-13-6-18(7-14-21)8-15-24(30)19-9-11-20(12-10-19)27-25(31)22-4-2-3-5-23(22)26/h2-15,29H,16-17H2,1H3,(H,27,31)/b15-8+. The minimum Gasteiger partial charge on any atom is -0.395 e. The molecule has 0 saturated carbocycles. The Morgan fingerprint density at radius 3 is 2.32 bits per heavy atom. The summed E-state index contributed by atoms with van der Waals surface area (Å²) >= 11 is 0. The highest BCUT2D eigenvalue weighted by Crippen LogP contribution is 2.16. The van der Waals surface area contributed by atoms with Crippen molar-refractivity contribution in [3.63, 3.8) is 0 Å². The lowest BCUT2D eigenvalue weighted by atomic mass is 10.1. The molecule has 0 aromatic heterocycles. The number of benzene rings is 3. The molecular weight excluding hydrogens is 395 g/mol. The van der Waals surface area contributed by atoms with Gasteiger partial charge in [0.15, 0.2) is 5.78 Å². The Labute approximate surface area is 180 Å². The monoisotopic (exact) mass is 418 g/mol. The summed E-state index contributed by atoms with van der Waals surface area (Å²) in [5.74, 6) is -1.32. The molecule has 3 rings (SSSR count). The van der Waals surface area contributed by atoms with Crippen molar-refractivity contribution in [1.82, 2.24) is 0 Å². The van der Waals surface area contributed by atoms with E-state index in [-0.39, 0.29) is 18.0 Å². The summed E-state index contributed by atoms with van der Waals surface area (Å²) in [5, 5.41) is 11.6. The highest BCUT2D eigenvalue weighted by atomic mass is 19.1. The van der Waals surface area contributed by atoms with Crippen LogP contribution < -0.4 is 10.2 Å². The summed E-state index contributed by atoms with van der Waals surface area (Å²) in [6.07, 6.45) is 3.21. The molecule has 2 N–H and O–H groups in total. The van der Waals surface area contributed by atoms with Gasteiger partial charge < -0.3 is 15.3 Å². The smallest absolute Gasteiger partial charge is 0.258 e. The first-order chi connectivity index (χ1) is 15.0. The van der Waals surface area contributed by atoms with Gasteiger partial charge in [0.25, 0.3) is 5.91 Å². The molecular formula is C25H23FN2O3. The number of halogens is 1. The van der Waals surface area contributed by atoms with E-state index in [9.17, 15) is 14.0 Å². The first-order valence-electron chi connectivity index (χ1n) is 9.78. The molecule has 1 amide bonds. The van der Waals surface area contributed by atoms with Crippen molar-refractivity contribution in [2.75, 3.05) is 30.4 Å². The van der Waals surface area contributed by atoms with Crippen LogP contribution in [0.15, 0.2) is 78.9 Å². The van der Waals surface area contributed by atoms with Crippen LogP contribution in [0.1, 0.15) is 26.3 Å². The average Bonchev–Trinajstić information content (AvgIpc) is 2.78. The quantitative estimate of drug-likeness (QED) is 0.420. The molecule has 3 aromatic carbocycles. The molecule has 6 heteroatoms. The van der Waals surface area contributed by atoms with Crippen LogP contribution in [0.4, 0.5) is 15.8 Å². The van der Waals surface area contributed by atoms with Gasteiger partial charge in [-0.05, 0) is 60.2 Å². The van der Waals surface area contributed by atoms with Crippen LogP contribution in [-0.2, 0) is 0 Å². The summed E-state index contributed by atoms with van der Waals surface area (Å²) in [4.78, 5) is 26.5. The predicted octanol–water partition coefficient (Wildman–Crippen LogP) is 4.40. The van der Waals surface area contributed by atoms with Crippen molar-refractivity contribution >= 4 is 29.1 Å². The first kappa shape index (κ1) is 21.9. The van der Waals surface area contributed by atoms with E-state index in [4.69, 9.17) is 5.11 Å². The molecule has 0 spiro atoms. The van der Waals surface area contributed by atoms with Crippen LogP contribution in [-0.4, -0.2) is 37.0 Å². The summed E-state index contributed by atoms with van der Waals surface area (Å²) in [5.41, 5.74) is 2.75. The normalized spacial score (nSPS) is 10.8. The Morgan fingerprint density at radius 2 is 1.68 bits per heavy atom. The second-order valence-electron chi connectivity index (χ2n) is 6.95. The third-order valence-electron chi connectivity index (χ3n) is 4.74. The summed E-state index contributed by atoms with van der Waals surface area (Å²) in [6.45, 7) is 0.628. The van der Waals surface area contributed by atoms with Crippen LogP contribution in [0.3, 0.4) is 0 Å². The summed E-state index contributed by atoms with van der Waals surface area (Å²) in [6, 6.07) is 19.8. The van der Waals surface area contributed by atoms with Gasteiger partial charge in [-0.15, -0.1) is 0 Å². The fraction of sp³-hybridized carbons (Fsp3) is 0.120. The van der Waals surface area contributed by atoms with Gasteiger partial charge in [0.05, 0.1) is 12.2 Å². The zero-order valence-corrected chi connectivity index (χ0v) is 17.1. The molecule has 158 valence electrons. The highest BCUT2D eigenvalue weighted by Gasteiger charge is 2.11. The molecule has 0 aliphatic heterocycles. The van der Waals surface area contributed by atoms with Crippen molar-refractivity contribution in [3.8, 4) is 0 Å². The summed E-state index contributed by atoms with van der Waals surface area (Å²) < 4.78 is 13.7. The number of carbonyl (C=O) groups is 2. The average molecular weight is 418 g/mol. The maximum absolute atomic E-state index is 13.7. The lowest BCUT2D eigenvalue weighted by molar-refractivity contribution is 0.102. The van der Waals surface area contributed by atoms with E-state index in [1.54, 1.807) is 36.4 Å². The molecule has 3 aromatic rings. The van der Waals surface area contributed by atoms with Crippen LogP contribution in [0.25, 0.3) is 6.08 Å². The molecule has 0 radical (unpaired) electrons. The van der Waals surface area contributed by atoms with Gasteiger partial charge >= 0.3 is 0 Å². The number of aliphatic hydroxyl groups excluding tert-OH is 1. The van der Waals surface area contributed by atoms with E-state index in [0.717, 1.165) is 11.3 Å². The van der Waals surface area contributed by atoms with E-state index >= 15 is 0 Å². The number of likely N-dealkylation sites (N-methyl/N-ethyl adjacent to an activating group) is 1. The van der Waals surface area contributed by atoms with Crippen LogP contribution in [0.2, 0.25) is 0 Å². The zero-order valence-electron chi connectivity index (χ0n) is 17.1. The van der Waals surface area contributed by atoms with Crippen molar-refractivity contribution in [3.05, 3.63) is 101 Å². The third kappa shape index (κ3) is 5.87. The van der Waals surface area contributed by atoms with Gasteiger partial charge in [0.2, 0.25) is 0 Å². The van der Waals surface area contributed by atoms with Crippen molar-refractivity contribution < 1.29 is 19.1 Å². The molecule has 0 atom stereocenters. The van der Waals surface area contributed by atoms with E-state index in [1.165, 1.54) is 24.3 Å². The molecule has 5 nitrogen and oxygen atoms in total. The lowest BCUT2D eigenvalue weighted by Gasteiger charge is -2.17. The van der Waals surface area contributed by atoms with Crippen molar-refractivity contribution in [2.45, 2.75) is 0 Å². The van der Waals surface area contributed by atoms with Gasteiger partial charge in [-0.2, -0.15) is 0 Å². The Bertz CT molecular complexity index is 1080. The molecule has 0 bridgehead atoms. The number of aliphatic hydroxyl groups is 1. The number of hydrogen-bond acceptors (Lipinski definition) is 4. The molecule has 0 aliphatic rings. The van der Waals surface area contributed by atoms with Gasteiger partial charge in [0.1, 0.15) is 5.82 Å². The number of ketones is 1. The van der Waals surface area contributed by atoms with Crippen LogP contribution >= 0.6 is 0 Å². The number of nitrogens with one attached hydrogen (secondary N) is 1. The molecule has 0 fully saturated rings. The fourth-order valence-electron chi connectivity index (χ4n) is 2.95. The predicted molar refractivity (Wildman–Crippen MR) is 121 cm³/mol. The highest BCUT2D eigenvalue weighted by molar-refractivity contribution is 6.08. The Kier molecular flexibility index (Phi) is 7.30. The number of amides is 1. The summed E-state index contributed by atoms with van der Waals surface area (Å²) in [7, 11) is 1.90. The van der Waals surface area contributed by atoms with Crippen molar-refractivity contribution in [2.24, 2.45) is 0 Å². The number of hydrogen-bond donors (Lipinski definition) is 2. The lowest BCUT2D eigenvalue weighted by Crippen LogP contribution is -2.20. The second kappa shape index (κ2) is 10.3. The minimum absolute atomic E-state index is 0.0424. The van der Waals surface area contributed by atoms with Crippen LogP contribution in [0.5, 0.6) is 0 Å². The number of rotatable bonds is 8. The maximum atomic E-state index is 13.7. The third-order valence-corrected chi connectivity index (χ3v) is 4.74. The molecule has 0 heterocycles. The zero-order chi connectivity index (χ0) is 22.2. The Balaban J connectivity index is 1.61. The first-order valence-corrected chi connectivity index (χ1v) is 9.78. The van der Waals surface area contributed by atoms with Gasteiger partial charge in [-0.1, -0.05) is 30.3 Å². The number of nitrogens with zero attached hydrogens (tertiary/aromatic N) is 1. The van der Waals surface area contributed by atoms with Crippen molar-refractivity contribution in [1.29, 1.82) is 0 Å².